The Balaban J connectivity index is 2.33. The highest BCUT2D eigenvalue weighted by molar-refractivity contribution is 6.20. The quantitative estimate of drug-likeness (QED) is 0.648. The summed E-state index contributed by atoms with van der Waals surface area (Å²) in [4.78, 5) is 23.3. The van der Waals surface area contributed by atoms with Crippen LogP contribution in [0.5, 0.6) is 0 Å². The summed E-state index contributed by atoms with van der Waals surface area (Å²) in [6, 6.07) is 0. The van der Waals surface area contributed by atoms with Gasteiger partial charge in [0.2, 0.25) is 0 Å². The Bertz CT molecular complexity index is 349. The van der Waals surface area contributed by atoms with Crippen molar-refractivity contribution in [3.63, 3.8) is 0 Å². The molecule has 0 amide bonds. The third-order valence-electron chi connectivity index (χ3n) is 3.95. The van der Waals surface area contributed by atoms with Gasteiger partial charge in [-0.2, -0.15) is 0 Å². The fourth-order valence-corrected chi connectivity index (χ4v) is 2.60. The maximum absolute atomic E-state index is 11.6. The molecule has 0 aromatic carbocycles. The van der Waals surface area contributed by atoms with Crippen LogP contribution in [0.3, 0.4) is 0 Å². The zero-order valence-corrected chi connectivity index (χ0v) is 9.30. The summed E-state index contributed by atoms with van der Waals surface area (Å²) in [7, 11) is 0. The molecule has 2 aliphatic carbocycles. The summed E-state index contributed by atoms with van der Waals surface area (Å²) in [5, 5.41) is 0. The Morgan fingerprint density at radius 1 is 1.00 bits per heavy atom. The second-order valence-corrected chi connectivity index (χ2v) is 4.58. The molecule has 0 spiro atoms. The molecule has 0 saturated carbocycles. The first kappa shape index (κ1) is 10.3. The van der Waals surface area contributed by atoms with E-state index in [-0.39, 0.29) is 17.0 Å². The molecule has 80 valence electrons. The molecule has 2 heteroatoms. The fourth-order valence-electron chi connectivity index (χ4n) is 2.60. The zero-order chi connectivity index (χ0) is 11.1. The predicted octanol–water partition coefficient (Wildman–Crippen LogP) is 2.59. The van der Waals surface area contributed by atoms with Crippen molar-refractivity contribution in [1.29, 1.82) is 0 Å². The van der Waals surface area contributed by atoms with E-state index in [1.54, 1.807) is 0 Å². The summed E-state index contributed by atoms with van der Waals surface area (Å²) in [5.74, 6) is 0.0988. The number of allylic oxidation sites excluding steroid dienone is 4. The maximum atomic E-state index is 11.6. The van der Waals surface area contributed by atoms with Gasteiger partial charge in [-0.1, -0.05) is 13.8 Å². The molecule has 0 saturated heterocycles. The number of carbonyl (C=O) groups excluding carboxylic acids is 2. The van der Waals surface area contributed by atoms with E-state index in [1.807, 2.05) is 0 Å². The van der Waals surface area contributed by atoms with Gasteiger partial charge in [0.1, 0.15) is 0 Å². The van der Waals surface area contributed by atoms with Crippen LogP contribution in [0, 0.1) is 5.41 Å². The topological polar surface area (TPSA) is 34.1 Å². The molecule has 2 aliphatic rings. The van der Waals surface area contributed by atoms with E-state index in [2.05, 4.69) is 13.8 Å². The average Bonchev–Trinajstić information content (AvgIpc) is 2.65. The van der Waals surface area contributed by atoms with Gasteiger partial charge < -0.3 is 0 Å². The van der Waals surface area contributed by atoms with Crippen LogP contribution in [0.4, 0.5) is 0 Å². The SMILES string of the molecule is CCC1(CC)CC2=C(C1)C(=O)C=CC2=O. The third kappa shape index (κ3) is 1.48. The number of hydrogen-bond acceptors (Lipinski definition) is 2. The highest BCUT2D eigenvalue weighted by Gasteiger charge is 2.40. The largest absolute Gasteiger partial charge is 0.290 e. The van der Waals surface area contributed by atoms with Crippen LogP contribution in [0.1, 0.15) is 39.5 Å². The Morgan fingerprint density at radius 3 is 1.73 bits per heavy atom. The Kier molecular flexibility index (Phi) is 2.37. The molecule has 0 aromatic rings. The summed E-state index contributed by atoms with van der Waals surface area (Å²) in [5.41, 5.74) is 1.74. The van der Waals surface area contributed by atoms with Crippen LogP contribution in [0.15, 0.2) is 23.3 Å². The van der Waals surface area contributed by atoms with E-state index in [0.29, 0.717) is 0 Å². The van der Waals surface area contributed by atoms with Crippen LogP contribution < -0.4 is 0 Å². The summed E-state index contributed by atoms with van der Waals surface area (Å²) >= 11 is 0. The molecule has 0 radical (unpaired) electrons. The van der Waals surface area contributed by atoms with Crippen molar-refractivity contribution in [3.05, 3.63) is 23.3 Å². The molecule has 0 N–H and O–H groups in total. The van der Waals surface area contributed by atoms with E-state index in [4.69, 9.17) is 0 Å². The second-order valence-electron chi connectivity index (χ2n) is 4.58. The van der Waals surface area contributed by atoms with Crippen molar-refractivity contribution in [1.82, 2.24) is 0 Å². The lowest BCUT2D eigenvalue weighted by Gasteiger charge is -2.26. The first-order valence-corrected chi connectivity index (χ1v) is 5.60. The third-order valence-corrected chi connectivity index (χ3v) is 3.95. The van der Waals surface area contributed by atoms with Crippen molar-refractivity contribution in [3.8, 4) is 0 Å². The van der Waals surface area contributed by atoms with Crippen LogP contribution in [0.2, 0.25) is 0 Å². The van der Waals surface area contributed by atoms with Crippen LogP contribution in [-0.4, -0.2) is 11.6 Å². The minimum Gasteiger partial charge on any atom is -0.290 e. The molecular formula is C13H16O2. The van der Waals surface area contributed by atoms with Crippen molar-refractivity contribution >= 4 is 11.6 Å². The van der Waals surface area contributed by atoms with Gasteiger partial charge in [-0.25, -0.2) is 0 Å². The number of hydrogen-bond donors (Lipinski definition) is 0. The first-order valence-electron chi connectivity index (χ1n) is 5.60. The minimum absolute atomic E-state index is 0.0494. The van der Waals surface area contributed by atoms with E-state index in [9.17, 15) is 9.59 Å². The van der Waals surface area contributed by atoms with Crippen molar-refractivity contribution in [2.45, 2.75) is 39.5 Å². The van der Waals surface area contributed by atoms with Gasteiger partial charge in [0.25, 0.3) is 0 Å². The molecule has 15 heavy (non-hydrogen) atoms. The van der Waals surface area contributed by atoms with Crippen molar-refractivity contribution in [2.24, 2.45) is 5.41 Å². The number of rotatable bonds is 2. The summed E-state index contributed by atoms with van der Waals surface area (Å²) in [6.07, 6.45) is 6.51. The molecule has 0 aromatic heterocycles. The van der Waals surface area contributed by atoms with Crippen molar-refractivity contribution in [2.75, 3.05) is 0 Å². The van der Waals surface area contributed by atoms with Gasteiger partial charge >= 0.3 is 0 Å². The number of carbonyl (C=O) groups is 2. The van der Waals surface area contributed by atoms with Crippen LogP contribution in [-0.2, 0) is 9.59 Å². The Morgan fingerprint density at radius 2 is 1.40 bits per heavy atom. The molecular weight excluding hydrogens is 188 g/mol. The van der Waals surface area contributed by atoms with E-state index >= 15 is 0 Å². The molecule has 0 unspecified atom stereocenters. The van der Waals surface area contributed by atoms with Gasteiger partial charge in [-0.3, -0.25) is 9.59 Å². The molecule has 0 atom stereocenters. The lowest BCUT2D eigenvalue weighted by Crippen LogP contribution is -2.15. The highest BCUT2D eigenvalue weighted by atomic mass is 16.1. The second kappa shape index (κ2) is 3.44. The molecule has 2 nitrogen and oxygen atoms in total. The lowest BCUT2D eigenvalue weighted by atomic mass is 9.78. The molecule has 0 aliphatic heterocycles. The van der Waals surface area contributed by atoms with Gasteiger partial charge in [0.05, 0.1) is 0 Å². The highest BCUT2D eigenvalue weighted by Crippen LogP contribution is 2.48. The van der Waals surface area contributed by atoms with Gasteiger partial charge in [-0.15, -0.1) is 0 Å². The average molecular weight is 204 g/mol. The molecule has 0 bridgehead atoms. The summed E-state index contributed by atoms with van der Waals surface area (Å²) < 4.78 is 0. The van der Waals surface area contributed by atoms with E-state index in [0.717, 1.165) is 36.8 Å². The molecule has 0 fully saturated rings. The minimum atomic E-state index is 0.0494. The van der Waals surface area contributed by atoms with E-state index in [1.165, 1.54) is 12.2 Å². The first-order chi connectivity index (χ1) is 7.12. The predicted molar refractivity (Wildman–Crippen MR) is 58.4 cm³/mol. The standard InChI is InChI=1S/C13H16O2/c1-3-13(4-2)7-9-10(8-13)12(15)6-5-11(9)14/h5-6H,3-4,7-8H2,1-2H3. The zero-order valence-electron chi connectivity index (χ0n) is 9.30. The summed E-state index contributed by atoms with van der Waals surface area (Å²) in [6.45, 7) is 4.29. The van der Waals surface area contributed by atoms with Gasteiger partial charge in [0, 0.05) is 11.1 Å². The van der Waals surface area contributed by atoms with Gasteiger partial charge in [-0.05, 0) is 43.3 Å². The van der Waals surface area contributed by atoms with Crippen LogP contribution in [0.25, 0.3) is 0 Å². The monoisotopic (exact) mass is 204 g/mol. The lowest BCUT2D eigenvalue weighted by molar-refractivity contribution is -0.115. The Hall–Kier alpha value is -1.18. The molecule has 0 heterocycles. The fraction of sp³-hybridized carbons (Fsp3) is 0.538. The molecule has 2 rings (SSSR count). The van der Waals surface area contributed by atoms with Gasteiger partial charge in [0.15, 0.2) is 11.6 Å². The maximum Gasteiger partial charge on any atom is 0.182 e. The van der Waals surface area contributed by atoms with Crippen LogP contribution >= 0.6 is 0 Å². The Labute approximate surface area is 90.1 Å². The van der Waals surface area contributed by atoms with E-state index < -0.39 is 0 Å². The van der Waals surface area contributed by atoms with Crippen molar-refractivity contribution < 1.29 is 9.59 Å². The normalized spacial score (nSPS) is 23.6. The smallest absolute Gasteiger partial charge is 0.182 e. The number of ketones is 2.